The van der Waals surface area contributed by atoms with Crippen LogP contribution in [0.25, 0.3) is 11.0 Å². The zero-order valence-electron chi connectivity index (χ0n) is 11.1. The lowest BCUT2D eigenvalue weighted by molar-refractivity contribution is 0.0921. The Hall–Kier alpha value is -2.88. The third kappa shape index (κ3) is 3.00. The van der Waals surface area contributed by atoms with E-state index in [1.807, 2.05) is 18.2 Å². The van der Waals surface area contributed by atoms with Gasteiger partial charge in [0.15, 0.2) is 12.4 Å². The minimum atomic E-state index is -0.393. The topological polar surface area (TPSA) is 56.5 Å². The highest BCUT2D eigenvalue weighted by Gasteiger charge is 2.06. The SMILES string of the molecule is O=C(COc1ccc2oc(=O)ccc2c1)c1ccccc1. The van der Waals surface area contributed by atoms with Crippen molar-refractivity contribution in [3.05, 3.63) is 76.6 Å². The minimum Gasteiger partial charge on any atom is -0.485 e. The van der Waals surface area contributed by atoms with E-state index in [1.165, 1.54) is 6.07 Å². The first kappa shape index (κ1) is 13.1. The Labute approximate surface area is 120 Å². The van der Waals surface area contributed by atoms with Crippen LogP contribution in [0.1, 0.15) is 10.4 Å². The summed E-state index contributed by atoms with van der Waals surface area (Å²) < 4.78 is 10.5. The number of ether oxygens (including phenoxy) is 1. The van der Waals surface area contributed by atoms with Crippen molar-refractivity contribution >= 4 is 16.8 Å². The molecule has 1 heterocycles. The first-order chi connectivity index (χ1) is 10.2. The molecule has 1 aromatic heterocycles. The summed E-state index contributed by atoms with van der Waals surface area (Å²) in [6.07, 6.45) is 0. The van der Waals surface area contributed by atoms with E-state index in [0.29, 0.717) is 16.9 Å². The van der Waals surface area contributed by atoms with Gasteiger partial charge in [-0.15, -0.1) is 0 Å². The van der Waals surface area contributed by atoms with Gasteiger partial charge in [-0.1, -0.05) is 30.3 Å². The monoisotopic (exact) mass is 280 g/mol. The standard InChI is InChI=1S/C17H12O4/c18-15(12-4-2-1-3-5-12)11-20-14-7-8-16-13(10-14)6-9-17(19)21-16/h1-10H,11H2. The van der Waals surface area contributed by atoms with E-state index in [1.54, 1.807) is 36.4 Å². The molecule has 104 valence electrons. The zero-order valence-corrected chi connectivity index (χ0v) is 11.1. The molecule has 0 aliphatic rings. The Kier molecular flexibility index (Phi) is 3.51. The molecule has 0 aliphatic heterocycles. The summed E-state index contributed by atoms with van der Waals surface area (Å²) in [5.41, 5.74) is 0.712. The Morgan fingerprint density at radius 2 is 1.81 bits per heavy atom. The number of rotatable bonds is 4. The van der Waals surface area contributed by atoms with Gasteiger partial charge in [-0.3, -0.25) is 4.79 Å². The quantitative estimate of drug-likeness (QED) is 0.544. The highest BCUT2D eigenvalue weighted by atomic mass is 16.5. The number of carbonyl (C=O) groups is 1. The summed E-state index contributed by atoms with van der Waals surface area (Å²) in [5.74, 6) is 0.468. The van der Waals surface area contributed by atoms with Crippen LogP contribution in [0.15, 0.2) is 69.9 Å². The maximum Gasteiger partial charge on any atom is 0.336 e. The highest BCUT2D eigenvalue weighted by molar-refractivity contribution is 5.97. The van der Waals surface area contributed by atoms with Crippen LogP contribution in [-0.2, 0) is 0 Å². The number of hydrogen-bond donors (Lipinski definition) is 0. The first-order valence-corrected chi connectivity index (χ1v) is 6.47. The van der Waals surface area contributed by atoms with Crippen LogP contribution in [-0.4, -0.2) is 12.4 Å². The zero-order chi connectivity index (χ0) is 14.7. The molecule has 2 aromatic carbocycles. The summed E-state index contributed by atoms with van der Waals surface area (Å²) in [6, 6.07) is 17.0. The lowest BCUT2D eigenvalue weighted by atomic mass is 10.1. The van der Waals surface area contributed by atoms with E-state index in [-0.39, 0.29) is 12.4 Å². The molecule has 0 spiro atoms. The van der Waals surface area contributed by atoms with Crippen LogP contribution in [0.5, 0.6) is 5.75 Å². The Morgan fingerprint density at radius 3 is 2.62 bits per heavy atom. The van der Waals surface area contributed by atoms with Crippen molar-refractivity contribution in [2.24, 2.45) is 0 Å². The third-order valence-electron chi connectivity index (χ3n) is 3.06. The van der Waals surface area contributed by atoms with Crippen LogP contribution >= 0.6 is 0 Å². The number of fused-ring (bicyclic) bond motifs is 1. The van der Waals surface area contributed by atoms with Crippen molar-refractivity contribution < 1.29 is 13.9 Å². The Balaban J connectivity index is 1.75. The van der Waals surface area contributed by atoms with Gasteiger partial charge in [-0.25, -0.2) is 4.79 Å². The molecule has 0 saturated heterocycles. The molecule has 0 unspecified atom stereocenters. The lowest BCUT2D eigenvalue weighted by Crippen LogP contribution is -2.11. The molecule has 4 nitrogen and oxygen atoms in total. The maximum atomic E-state index is 11.9. The van der Waals surface area contributed by atoms with Crippen LogP contribution in [0.3, 0.4) is 0 Å². The van der Waals surface area contributed by atoms with Gasteiger partial charge in [-0.2, -0.15) is 0 Å². The summed E-state index contributed by atoms with van der Waals surface area (Å²) >= 11 is 0. The second-order valence-corrected chi connectivity index (χ2v) is 4.53. The van der Waals surface area contributed by atoms with Gasteiger partial charge in [0.25, 0.3) is 0 Å². The average Bonchev–Trinajstić information content (AvgIpc) is 2.53. The first-order valence-electron chi connectivity index (χ1n) is 6.47. The van der Waals surface area contributed by atoms with Gasteiger partial charge in [0.05, 0.1) is 0 Å². The van der Waals surface area contributed by atoms with Crippen molar-refractivity contribution in [3.8, 4) is 5.75 Å². The number of carbonyl (C=O) groups excluding carboxylic acids is 1. The van der Waals surface area contributed by atoms with Crippen LogP contribution in [0, 0.1) is 0 Å². The Bertz CT molecular complexity index is 834. The van der Waals surface area contributed by atoms with Crippen LogP contribution in [0.2, 0.25) is 0 Å². The van der Waals surface area contributed by atoms with Gasteiger partial charge in [0, 0.05) is 17.0 Å². The van der Waals surface area contributed by atoms with E-state index in [4.69, 9.17) is 9.15 Å². The van der Waals surface area contributed by atoms with Gasteiger partial charge >= 0.3 is 5.63 Å². The normalized spacial score (nSPS) is 10.5. The van der Waals surface area contributed by atoms with E-state index in [2.05, 4.69) is 0 Å². The fraction of sp³-hybridized carbons (Fsp3) is 0.0588. The molecular formula is C17H12O4. The largest absolute Gasteiger partial charge is 0.485 e. The van der Waals surface area contributed by atoms with E-state index in [0.717, 1.165) is 5.39 Å². The number of Topliss-reactive ketones (excluding diaryl/α,β-unsaturated/α-hetero) is 1. The predicted molar refractivity (Wildman–Crippen MR) is 78.8 cm³/mol. The van der Waals surface area contributed by atoms with E-state index < -0.39 is 5.63 Å². The summed E-state index contributed by atoms with van der Waals surface area (Å²) in [6.45, 7) is -0.0354. The predicted octanol–water partition coefficient (Wildman–Crippen LogP) is 3.05. The molecule has 0 atom stereocenters. The second kappa shape index (κ2) is 5.63. The van der Waals surface area contributed by atoms with Crippen molar-refractivity contribution in [3.63, 3.8) is 0 Å². The lowest BCUT2D eigenvalue weighted by Gasteiger charge is -2.06. The third-order valence-corrected chi connectivity index (χ3v) is 3.06. The van der Waals surface area contributed by atoms with Gasteiger partial charge in [0.2, 0.25) is 0 Å². The molecule has 0 radical (unpaired) electrons. The molecule has 0 fully saturated rings. The van der Waals surface area contributed by atoms with Gasteiger partial charge in [-0.05, 0) is 24.3 Å². The molecule has 3 aromatic rings. The summed E-state index contributed by atoms with van der Waals surface area (Å²) in [4.78, 5) is 23.0. The van der Waals surface area contributed by atoms with Crippen molar-refractivity contribution in [2.75, 3.05) is 6.61 Å². The fourth-order valence-corrected chi connectivity index (χ4v) is 2.00. The van der Waals surface area contributed by atoms with Crippen molar-refractivity contribution in [2.45, 2.75) is 0 Å². The summed E-state index contributed by atoms with van der Waals surface area (Å²) in [5, 5.41) is 0.749. The maximum absolute atomic E-state index is 11.9. The molecule has 4 heteroatoms. The Morgan fingerprint density at radius 1 is 1.00 bits per heavy atom. The highest BCUT2D eigenvalue weighted by Crippen LogP contribution is 2.19. The second-order valence-electron chi connectivity index (χ2n) is 4.53. The molecule has 0 amide bonds. The number of ketones is 1. The van der Waals surface area contributed by atoms with Gasteiger partial charge in [0.1, 0.15) is 11.3 Å². The average molecular weight is 280 g/mol. The van der Waals surface area contributed by atoms with Gasteiger partial charge < -0.3 is 9.15 Å². The van der Waals surface area contributed by atoms with Crippen LogP contribution < -0.4 is 10.4 Å². The number of benzene rings is 2. The van der Waals surface area contributed by atoms with Crippen molar-refractivity contribution in [1.82, 2.24) is 0 Å². The smallest absolute Gasteiger partial charge is 0.336 e. The molecule has 0 saturated carbocycles. The van der Waals surface area contributed by atoms with Crippen molar-refractivity contribution in [1.29, 1.82) is 0 Å². The molecule has 21 heavy (non-hydrogen) atoms. The van der Waals surface area contributed by atoms with E-state index in [9.17, 15) is 9.59 Å². The molecular weight excluding hydrogens is 268 g/mol. The molecule has 3 rings (SSSR count). The van der Waals surface area contributed by atoms with E-state index >= 15 is 0 Å². The summed E-state index contributed by atoms with van der Waals surface area (Å²) in [7, 11) is 0. The minimum absolute atomic E-state index is 0.0354. The van der Waals surface area contributed by atoms with Crippen LogP contribution in [0.4, 0.5) is 0 Å². The molecule has 0 N–H and O–H groups in total. The molecule has 0 bridgehead atoms. The number of hydrogen-bond acceptors (Lipinski definition) is 4. The molecule has 0 aliphatic carbocycles. The fourth-order valence-electron chi connectivity index (χ4n) is 2.00.